The molecule has 2 heterocycles. The highest BCUT2D eigenvalue weighted by molar-refractivity contribution is 5.21. The molecule has 0 spiro atoms. The summed E-state index contributed by atoms with van der Waals surface area (Å²) in [6.07, 6.45) is 3.83. The molecule has 0 aliphatic carbocycles. The van der Waals surface area contributed by atoms with Gasteiger partial charge in [0.15, 0.2) is 0 Å². The average Bonchev–Trinajstić information content (AvgIpc) is 3.00. The molecule has 98 valence electrons. The van der Waals surface area contributed by atoms with E-state index in [0.717, 1.165) is 25.0 Å². The summed E-state index contributed by atoms with van der Waals surface area (Å²) in [6.45, 7) is 0.953. The molecule has 3 nitrogen and oxygen atoms in total. The van der Waals surface area contributed by atoms with Gasteiger partial charge in [-0.15, -0.1) is 0 Å². The minimum Gasteiger partial charge on any atom is -0.493 e. The molecule has 2 bridgehead atoms. The summed E-state index contributed by atoms with van der Waals surface area (Å²) >= 11 is 0. The molecule has 1 aromatic carbocycles. The lowest BCUT2D eigenvalue weighted by molar-refractivity contribution is 0.0799. The van der Waals surface area contributed by atoms with E-state index in [-0.39, 0.29) is 6.61 Å². The number of hydrogen-bond donors (Lipinski definition) is 1. The number of ether oxygens (including phenoxy) is 2. The van der Waals surface area contributed by atoms with Gasteiger partial charge in [-0.1, -0.05) is 18.2 Å². The first-order valence-corrected chi connectivity index (χ1v) is 6.82. The Morgan fingerprint density at radius 1 is 1.11 bits per heavy atom. The Kier molecular flexibility index (Phi) is 3.52. The lowest BCUT2D eigenvalue weighted by Crippen LogP contribution is -2.32. The van der Waals surface area contributed by atoms with Crippen LogP contribution in [0.1, 0.15) is 19.3 Å². The van der Waals surface area contributed by atoms with Gasteiger partial charge in [0.1, 0.15) is 5.75 Å². The van der Waals surface area contributed by atoms with Gasteiger partial charge in [0, 0.05) is 12.5 Å². The quantitative estimate of drug-likeness (QED) is 0.868. The summed E-state index contributed by atoms with van der Waals surface area (Å²) in [5.41, 5.74) is 0. The van der Waals surface area contributed by atoms with Crippen molar-refractivity contribution in [2.45, 2.75) is 31.5 Å². The summed E-state index contributed by atoms with van der Waals surface area (Å²) < 4.78 is 11.8. The van der Waals surface area contributed by atoms with Crippen molar-refractivity contribution in [1.29, 1.82) is 0 Å². The van der Waals surface area contributed by atoms with Crippen molar-refractivity contribution in [2.24, 2.45) is 11.8 Å². The van der Waals surface area contributed by atoms with Crippen LogP contribution in [0.4, 0.5) is 0 Å². The van der Waals surface area contributed by atoms with Crippen LogP contribution in [-0.2, 0) is 4.74 Å². The van der Waals surface area contributed by atoms with Gasteiger partial charge in [-0.3, -0.25) is 0 Å². The molecular weight excluding hydrogens is 228 g/mol. The number of fused-ring (bicyclic) bond motifs is 2. The maximum atomic E-state index is 9.16. The molecule has 2 saturated heterocycles. The van der Waals surface area contributed by atoms with E-state index in [9.17, 15) is 0 Å². The van der Waals surface area contributed by atoms with Crippen molar-refractivity contribution >= 4 is 0 Å². The van der Waals surface area contributed by atoms with Crippen LogP contribution in [0, 0.1) is 11.8 Å². The SMILES string of the molecule is OCC[C@H]1[C@@H](COc2ccccc2)[C@H]2CC[C@@H]1O2. The van der Waals surface area contributed by atoms with E-state index in [2.05, 4.69) is 0 Å². The first kappa shape index (κ1) is 12.0. The summed E-state index contributed by atoms with van der Waals surface area (Å²) in [5.74, 6) is 1.83. The molecule has 0 saturated carbocycles. The van der Waals surface area contributed by atoms with Gasteiger partial charge < -0.3 is 14.6 Å². The highest BCUT2D eigenvalue weighted by Gasteiger charge is 2.48. The number of hydrogen-bond acceptors (Lipinski definition) is 3. The van der Waals surface area contributed by atoms with E-state index in [1.54, 1.807) is 0 Å². The predicted molar refractivity (Wildman–Crippen MR) is 68.5 cm³/mol. The zero-order chi connectivity index (χ0) is 12.4. The van der Waals surface area contributed by atoms with Crippen LogP contribution in [0.3, 0.4) is 0 Å². The molecule has 2 aliphatic heterocycles. The van der Waals surface area contributed by atoms with Crippen LogP contribution in [-0.4, -0.2) is 30.5 Å². The fourth-order valence-electron chi connectivity index (χ4n) is 3.36. The number of aliphatic hydroxyl groups is 1. The van der Waals surface area contributed by atoms with Crippen LogP contribution < -0.4 is 4.74 Å². The van der Waals surface area contributed by atoms with Gasteiger partial charge in [0.2, 0.25) is 0 Å². The number of aliphatic hydroxyl groups excluding tert-OH is 1. The van der Waals surface area contributed by atoms with Gasteiger partial charge in [0.25, 0.3) is 0 Å². The molecule has 1 aromatic rings. The summed E-state index contributed by atoms with van der Waals surface area (Å²) in [4.78, 5) is 0. The maximum absolute atomic E-state index is 9.16. The van der Waals surface area contributed by atoms with Crippen LogP contribution in [0.2, 0.25) is 0 Å². The average molecular weight is 248 g/mol. The third-order valence-electron chi connectivity index (χ3n) is 4.24. The molecule has 2 aliphatic rings. The summed E-state index contributed by atoms with van der Waals surface area (Å²) in [6, 6.07) is 9.92. The second kappa shape index (κ2) is 5.29. The molecule has 0 radical (unpaired) electrons. The Hall–Kier alpha value is -1.06. The monoisotopic (exact) mass is 248 g/mol. The fourth-order valence-corrected chi connectivity index (χ4v) is 3.36. The molecule has 1 N–H and O–H groups in total. The lowest BCUT2D eigenvalue weighted by Gasteiger charge is -2.27. The number of rotatable bonds is 5. The van der Waals surface area contributed by atoms with Crippen molar-refractivity contribution in [3.63, 3.8) is 0 Å². The Morgan fingerprint density at radius 3 is 2.56 bits per heavy atom. The standard InChI is InChI=1S/C15H20O3/c16-9-8-12-13(15-7-6-14(12)18-15)10-17-11-4-2-1-3-5-11/h1-5,12-16H,6-10H2/t12-,13+,14-,15+/m0/s1. The van der Waals surface area contributed by atoms with E-state index in [4.69, 9.17) is 14.6 Å². The summed E-state index contributed by atoms with van der Waals surface area (Å²) in [7, 11) is 0. The third kappa shape index (κ3) is 2.25. The van der Waals surface area contributed by atoms with Crippen molar-refractivity contribution in [3.8, 4) is 5.75 Å². The van der Waals surface area contributed by atoms with Crippen molar-refractivity contribution < 1.29 is 14.6 Å². The fraction of sp³-hybridized carbons (Fsp3) is 0.600. The van der Waals surface area contributed by atoms with Gasteiger partial charge >= 0.3 is 0 Å². The molecule has 0 amide bonds. The second-order valence-corrected chi connectivity index (χ2v) is 5.25. The van der Waals surface area contributed by atoms with Crippen molar-refractivity contribution in [2.75, 3.05) is 13.2 Å². The van der Waals surface area contributed by atoms with Crippen molar-refractivity contribution in [1.82, 2.24) is 0 Å². The van der Waals surface area contributed by atoms with Crippen LogP contribution in [0.15, 0.2) is 30.3 Å². The highest BCUT2D eigenvalue weighted by Crippen LogP contribution is 2.44. The normalized spacial score (nSPS) is 33.8. The van der Waals surface area contributed by atoms with E-state index in [1.165, 1.54) is 0 Å². The molecule has 2 fully saturated rings. The molecular formula is C15H20O3. The molecule has 3 heteroatoms. The van der Waals surface area contributed by atoms with Crippen LogP contribution in [0.5, 0.6) is 5.75 Å². The first-order valence-electron chi connectivity index (χ1n) is 6.82. The molecule has 4 atom stereocenters. The smallest absolute Gasteiger partial charge is 0.119 e. The van der Waals surface area contributed by atoms with Gasteiger partial charge in [0.05, 0.1) is 18.8 Å². The molecule has 18 heavy (non-hydrogen) atoms. The van der Waals surface area contributed by atoms with Crippen molar-refractivity contribution in [3.05, 3.63) is 30.3 Å². The van der Waals surface area contributed by atoms with Gasteiger partial charge in [-0.05, 0) is 37.3 Å². The Balaban J connectivity index is 1.61. The Bertz CT molecular complexity index is 379. The summed E-state index contributed by atoms with van der Waals surface area (Å²) in [5, 5.41) is 9.16. The minimum absolute atomic E-state index is 0.249. The zero-order valence-electron chi connectivity index (χ0n) is 10.5. The largest absolute Gasteiger partial charge is 0.493 e. The number of benzene rings is 1. The molecule has 0 unspecified atom stereocenters. The zero-order valence-corrected chi connectivity index (χ0v) is 10.5. The van der Waals surface area contributed by atoms with Gasteiger partial charge in [-0.2, -0.15) is 0 Å². The molecule has 3 rings (SSSR count). The second-order valence-electron chi connectivity index (χ2n) is 5.25. The first-order chi connectivity index (χ1) is 8.88. The van der Waals surface area contributed by atoms with E-state index >= 15 is 0 Å². The van der Waals surface area contributed by atoms with Gasteiger partial charge in [-0.25, -0.2) is 0 Å². The van der Waals surface area contributed by atoms with Crippen LogP contribution in [0.25, 0.3) is 0 Å². The number of para-hydroxylation sites is 1. The maximum Gasteiger partial charge on any atom is 0.119 e. The Labute approximate surface area is 108 Å². The molecule has 0 aromatic heterocycles. The Morgan fingerprint density at radius 2 is 1.83 bits per heavy atom. The lowest BCUT2D eigenvalue weighted by atomic mass is 9.78. The van der Waals surface area contributed by atoms with E-state index in [0.29, 0.717) is 30.7 Å². The predicted octanol–water partition coefficient (Wildman–Crippen LogP) is 2.24. The van der Waals surface area contributed by atoms with E-state index in [1.807, 2.05) is 30.3 Å². The minimum atomic E-state index is 0.249. The van der Waals surface area contributed by atoms with E-state index < -0.39 is 0 Å². The van der Waals surface area contributed by atoms with Crippen LogP contribution >= 0.6 is 0 Å². The topological polar surface area (TPSA) is 38.7 Å². The highest BCUT2D eigenvalue weighted by atomic mass is 16.5. The third-order valence-corrected chi connectivity index (χ3v) is 4.24.